The van der Waals surface area contributed by atoms with Crippen LogP contribution in [0.25, 0.3) is 0 Å². The fourth-order valence-corrected chi connectivity index (χ4v) is 1.91. The monoisotopic (exact) mass is 281 g/mol. The normalized spacial score (nSPS) is 13.0. The van der Waals surface area contributed by atoms with Crippen LogP contribution in [0, 0.1) is 0 Å². The van der Waals surface area contributed by atoms with Gasteiger partial charge in [0.1, 0.15) is 5.75 Å². The number of hydrogen-bond donors (Lipinski definition) is 2. The molecule has 0 saturated carbocycles. The van der Waals surface area contributed by atoms with Crippen LogP contribution in [-0.4, -0.2) is 5.11 Å². The zero-order valence-corrected chi connectivity index (χ0v) is 10.8. The first-order valence-electron chi connectivity index (χ1n) is 6.09. The van der Waals surface area contributed by atoms with E-state index in [-0.39, 0.29) is 11.8 Å². The number of rotatable bonds is 3. The van der Waals surface area contributed by atoms with Gasteiger partial charge in [-0.3, -0.25) is 0 Å². The molecular weight excluding hydrogens is 267 g/mol. The fourth-order valence-electron chi connectivity index (χ4n) is 1.91. The second-order valence-electron chi connectivity index (χ2n) is 4.54. The Kier molecular flexibility index (Phi) is 3.88. The maximum absolute atomic E-state index is 12.6. The highest BCUT2D eigenvalue weighted by atomic mass is 19.4. The molecule has 0 fully saturated rings. The van der Waals surface area contributed by atoms with Crippen LogP contribution < -0.4 is 5.32 Å². The summed E-state index contributed by atoms with van der Waals surface area (Å²) >= 11 is 0. The largest absolute Gasteiger partial charge is 0.508 e. The highest BCUT2D eigenvalue weighted by Gasteiger charge is 2.30. The third-order valence-electron chi connectivity index (χ3n) is 2.94. The molecule has 2 N–H and O–H groups in total. The minimum atomic E-state index is -4.36. The lowest BCUT2D eigenvalue weighted by Crippen LogP contribution is -2.09. The Bertz CT molecular complexity index is 596. The third-order valence-corrected chi connectivity index (χ3v) is 2.94. The Balaban J connectivity index is 2.18. The van der Waals surface area contributed by atoms with Crippen LogP contribution >= 0.6 is 0 Å². The molecule has 0 bridgehead atoms. The molecule has 106 valence electrons. The van der Waals surface area contributed by atoms with Gasteiger partial charge in [0.2, 0.25) is 0 Å². The summed E-state index contributed by atoms with van der Waals surface area (Å²) in [5, 5.41) is 12.4. The van der Waals surface area contributed by atoms with E-state index in [0.29, 0.717) is 5.69 Å². The second kappa shape index (κ2) is 5.45. The zero-order chi connectivity index (χ0) is 14.8. The van der Waals surface area contributed by atoms with Crippen LogP contribution in [0.15, 0.2) is 48.5 Å². The number of aromatic hydroxyl groups is 1. The average Bonchev–Trinajstić information content (AvgIpc) is 2.38. The number of nitrogens with one attached hydrogen (secondary N) is 1. The topological polar surface area (TPSA) is 32.3 Å². The lowest BCUT2D eigenvalue weighted by Gasteiger charge is -2.17. The van der Waals surface area contributed by atoms with Crippen molar-refractivity contribution < 1.29 is 18.3 Å². The van der Waals surface area contributed by atoms with Crippen molar-refractivity contribution in [2.45, 2.75) is 19.1 Å². The van der Waals surface area contributed by atoms with Crippen LogP contribution in [-0.2, 0) is 6.18 Å². The van der Waals surface area contributed by atoms with E-state index in [1.165, 1.54) is 6.07 Å². The van der Waals surface area contributed by atoms with Gasteiger partial charge in [0.05, 0.1) is 5.56 Å². The van der Waals surface area contributed by atoms with Gasteiger partial charge in [0, 0.05) is 11.7 Å². The number of hydrogen-bond acceptors (Lipinski definition) is 2. The molecule has 5 heteroatoms. The summed E-state index contributed by atoms with van der Waals surface area (Å²) in [5.41, 5.74) is 0.490. The molecular formula is C15H14F3NO. The fraction of sp³-hybridized carbons (Fsp3) is 0.200. The summed E-state index contributed by atoms with van der Waals surface area (Å²) in [6.07, 6.45) is -4.36. The summed E-state index contributed by atoms with van der Waals surface area (Å²) in [6.45, 7) is 1.81. The number of phenolic OH excluding ortho intramolecular Hbond substituents is 1. The van der Waals surface area contributed by atoms with Crippen molar-refractivity contribution in [3.8, 4) is 5.75 Å². The highest BCUT2D eigenvalue weighted by molar-refractivity contribution is 5.48. The molecule has 0 heterocycles. The molecule has 2 aromatic carbocycles. The number of anilines is 1. The minimum absolute atomic E-state index is 0.125. The first-order chi connectivity index (χ1) is 9.36. The van der Waals surface area contributed by atoms with Crippen molar-refractivity contribution >= 4 is 5.69 Å². The van der Waals surface area contributed by atoms with Crippen molar-refractivity contribution in [2.75, 3.05) is 5.32 Å². The second-order valence-corrected chi connectivity index (χ2v) is 4.54. The van der Waals surface area contributed by atoms with E-state index in [1.807, 2.05) is 6.92 Å². The number of phenols is 1. The quantitative estimate of drug-likeness (QED) is 0.862. The van der Waals surface area contributed by atoms with Crippen LogP contribution in [0.1, 0.15) is 24.1 Å². The molecule has 0 aliphatic heterocycles. The molecule has 0 spiro atoms. The Hall–Kier alpha value is -2.17. The Morgan fingerprint density at radius 1 is 1.05 bits per heavy atom. The van der Waals surface area contributed by atoms with Crippen molar-refractivity contribution in [3.05, 3.63) is 59.7 Å². The molecule has 2 nitrogen and oxygen atoms in total. The molecule has 2 aromatic rings. The van der Waals surface area contributed by atoms with Crippen LogP contribution in [0.5, 0.6) is 5.75 Å². The van der Waals surface area contributed by atoms with Gasteiger partial charge in [-0.15, -0.1) is 0 Å². The maximum Gasteiger partial charge on any atom is 0.416 e. The zero-order valence-electron chi connectivity index (χ0n) is 10.8. The van der Waals surface area contributed by atoms with E-state index in [9.17, 15) is 18.3 Å². The van der Waals surface area contributed by atoms with Gasteiger partial charge in [0.15, 0.2) is 0 Å². The summed E-state index contributed by atoms with van der Waals surface area (Å²) in [6, 6.07) is 11.4. The van der Waals surface area contributed by atoms with Crippen LogP contribution in [0.3, 0.4) is 0 Å². The number of halogens is 3. The van der Waals surface area contributed by atoms with Gasteiger partial charge >= 0.3 is 6.18 Å². The summed E-state index contributed by atoms with van der Waals surface area (Å²) in [7, 11) is 0. The average molecular weight is 281 g/mol. The Morgan fingerprint density at radius 2 is 1.75 bits per heavy atom. The van der Waals surface area contributed by atoms with Crippen molar-refractivity contribution in [3.63, 3.8) is 0 Å². The molecule has 1 atom stereocenters. The Labute approximate surface area is 114 Å². The summed E-state index contributed by atoms with van der Waals surface area (Å²) in [4.78, 5) is 0. The van der Waals surface area contributed by atoms with E-state index in [0.717, 1.165) is 17.7 Å². The van der Waals surface area contributed by atoms with Crippen molar-refractivity contribution in [1.82, 2.24) is 0 Å². The molecule has 0 aromatic heterocycles. The standard InChI is InChI=1S/C15H14F3NO/c1-10(11-4-2-7-14(20)8-11)19-13-6-3-5-12(9-13)15(16,17)18/h2-10,19-20H,1H3. The van der Waals surface area contributed by atoms with Gasteiger partial charge < -0.3 is 10.4 Å². The predicted molar refractivity (Wildman–Crippen MR) is 71.6 cm³/mol. The summed E-state index contributed by atoms with van der Waals surface area (Å²) in [5.74, 6) is 0.125. The van der Waals surface area contributed by atoms with Gasteiger partial charge in [0.25, 0.3) is 0 Å². The van der Waals surface area contributed by atoms with Crippen LogP contribution in [0.4, 0.5) is 18.9 Å². The molecule has 0 saturated heterocycles. The summed E-state index contributed by atoms with van der Waals surface area (Å²) < 4.78 is 37.9. The molecule has 0 radical (unpaired) electrons. The molecule has 2 rings (SSSR count). The van der Waals surface area contributed by atoms with E-state index in [1.54, 1.807) is 30.3 Å². The van der Waals surface area contributed by atoms with Gasteiger partial charge in [-0.25, -0.2) is 0 Å². The molecule has 0 amide bonds. The minimum Gasteiger partial charge on any atom is -0.508 e. The van der Waals surface area contributed by atoms with E-state index < -0.39 is 11.7 Å². The van der Waals surface area contributed by atoms with Crippen molar-refractivity contribution in [1.29, 1.82) is 0 Å². The smallest absolute Gasteiger partial charge is 0.416 e. The first kappa shape index (κ1) is 14.2. The highest BCUT2D eigenvalue weighted by Crippen LogP contribution is 2.31. The van der Waals surface area contributed by atoms with Crippen LogP contribution in [0.2, 0.25) is 0 Å². The molecule has 0 aliphatic carbocycles. The predicted octanol–water partition coefficient (Wildman–Crippen LogP) is 4.58. The SMILES string of the molecule is CC(Nc1cccc(C(F)(F)F)c1)c1cccc(O)c1. The molecule has 0 aliphatic rings. The van der Waals surface area contributed by atoms with Gasteiger partial charge in [-0.1, -0.05) is 18.2 Å². The van der Waals surface area contributed by atoms with Crippen molar-refractivity contribution in [2.24, 2.45) is 0 Å². The lowest BCUT2D eigenvalue weighted by atomic mass is 10.1. The molecule has 1 unspecified atom stereocenters. The van der Waals surface area contributed by atoms with E-state index in [2.05, 4.69) is 5.32 Å². The third kappa shape index (κ3) is 3.44. The number of benzene rings is 2. The maximum atomic E-state index is 12.6. The van der Waals surface area contributed by atoms with E-state index >= 15 is 0 Å². The van der Waals surface area contributed by atoms with Gasteiger partial charge in [-0.05, 0) is 42.8 Å². The Morgan fingerprint density at radius 3 is 2.40 bits per heavy atom. The van der Waals surface area contributed by atoms with E-state index in [4.69, 9.17) is 0 Å². The lowest BCUT2D eigenvalue weighted by molar-refractivity contribution is -0.137. The van der Waals surface area contributed by atoms with Gasteiger partial charge in [-0.2, -0.15) is 13.2 Å². The first-order valence-corrected chi connectivity index (χ1v) is 6.09. The molecule has 20 heavy (non-hydrogen) atoms. The number of alkyl halides is 3.